The first-order valence-corrected chi connectivity index (χ1v) is 9.09. The molecular weight excluding hydrogens is 392 g/mol. The predicted octanol–water partition coefficient (Wildman–Crippen LogP) is 1.47. The predicted molar refractivity (Wildman–Crippen MR) is 111 cm³/mol. The first-order chi connectivity index (χ1) is 14.1. The van der Waals surface area contributed by atoms with E-state index in [9.17, 15) is 14.4 Å². The van der Waals surface area contributed by atoms with Crippen molar-refractivity contribution in [1.29, 1.82) is 0 Å². The van der Waals surface area contributed by atoms with Gasteiger partial charge in [-0.2, -0.15) is 0 Å². The number of aliphatic carboxylic acids is 3. The van der Waals surface area contributed by atoms with E-state index in [2.05, 4.69) is 12.1 Å². The Balaban J connectivity index is 0.000000423. The highest BCUT2D eigenvalue weighted by atomic mass is 16.4. The van der Waals surface area contributed by atoms with Gasteiger partial charge in [-0.25, -0.2) is 0 Å². The third-order valence-corrected chi connectivity index (χ3v) is 3.55. The zero-order chi connectivity index (χ0) is 22.9. The largest absolute Gasteiger partial charge is 0.508 e. The van der Waals surface area contributed by atoms with Crippen LogP contribution >= 0.6 is 0 Å². The second-order valence-electron chi connectivity index (χ2n) is 6.14. The van der Waals surface area contributed by atoms with E-state index in [1.165, 1.54) is 17.7 Å². The minimum Gasteiger partial charge on any atom is -0.508 e. The first-order valence-electron chi connectivity index (χ1n) is 9.09. The van der Waals surface area contributed by atoms with Crippen LogP contribution in [0.15, 0.2) is 54.6 Å². The van der Waals surface area contributed by atoms with E-state index in [1.54, 1.807) is 12.1 Å². The molecule has 0 fully saturated rings. The van der Waals surface area contributed by atoms with E-state index in [-0.39, 0.29) is 25.0 Å². The van der Waals surface area contributed by atoms with Gasteiger partial charge in [0.25, 0.3) is 0 Å². The lowest BCUT2D eigenvalue weighted by Crippen LogP contribution is -2.30. The van der Waals surface area contributed by atoms with Crippen molar-refractivity contribution in [3.05, 3.63) is 65.7 Å². The molecule has 9 heteroatoms. The van der Waals surface area contributed by atoms with Gasteiger partial charge in [0, 0.05) is 6.42 Å². The molecule has 8 N–H and O–H groups in total. The standard InChI is InChI=1S/C8H11N.C8H8O3.C5H9NO4/c9-7-6-8-4-2-1-3-5-8;9-7-3-1-6(2-4-7)5-8(10)11;6-3(5(9)10)1-2-4(7)8/h1-5H,6-7,9H2;1-4,9H,5H2,(H,10,11);3H,1-2,6H2,(H,7,8)(H,9,10)/t;;3-/m..1/s1. The molecule has 0 aliphatic heterocycles. The number of carbonyl (C=O) groups is 3. The molecule has 0 spiro atoms. The highest BCUT2D eigenvalue weighted by Gasteiger charge is 2.12. The molecule has 2 aromatic carbocycles. The zero-order valence-electron chi connectivity index (χ0n) is 16.5. The maximum absolute atomic E-state index is 10.2. The average Bonchev–Trinajstić information content (AvgIpc) is 2.69. The molecule has 0 radical (unpaired) electrons. The number of benzene rings is 2. The Hall–Kier alpha value is -3.43. The molecule has 30 heavy (non-hydrogen) atoms. The fourth-order valence-electron chi connectivity index (χ4n) is 2.00. The average molecular weight is 420 g/mol. The third kappa shape index (κ3) is 14.6. The van der Waals surface area contributed by atoms with Crippen LogP contribution in [0.5, 0.6) is 5.75 Å². The lowest BCUT2D eigenvalue weighted by Gasteiger charge is -2.01. The first kappa shape index (κ1) is 26.6. The van der Waals surface area contributed by atoms with E-state index in [4.69, 9.17) is 31.9 Å². The van der Waals surface area contributed by atoms with Crippen LogP contribution < -0.4 is 11.5 Å². The molecule has 0 saturated carbocycles. The van der Waals surface area contributed by atoms with E-state index in [0.29, 0.717) is 5.56 Å². The van der Waals surface area contributed by atoms with Crippen LogP contribution in [-0.4, -0.2) is 50.9 Å². The number of nitrogens with two attached hydrogens (primary N) is 2. The van der Waals surface area contributed by atoms with Gasteiger partial charge < -0.3 is 31.9 Å². The molecule has 1 atom stereocenters. The normalized spacial score (nSPS) is 10.5. The van der Waals surface area contributed by atoms with Gasteiger partial charge >= 0.3 is 17.9 Å². The third-order valence-electron chi connectivity index (χ3n) is 3.55. The van der Waals surface area contributed by atoms with Crippen molar-refractivity contribution in [1.82, 2.24) is 0 Å². The van der Waals surface area contributed by atoms with Crippen molar-refractivity contribution in [2.24, 2.45) is 11.5 Å². The fraction of sp³-hybridized carbons (Fsp3) is 0.286. The Morgan fingerprint density at radius 1 is 0.833 bits per heavy atom. The lowest BCUT2D eigenvalue weighted by molar-refractivity contribution is -0.140. The number of carboxylic acid groups (broad SMARTS) is 3. The molecule has 0 aromatic heterocycles. The summed E-state index contributed by atoms with van der Waals surface area (Å²) < 4.78 is 0. The molecule has 0 aliphatic carbocycles. The lowest BCUT2D eigenvalue weighted by atomic mass is 10.1. The number of hydrogen-bond donors (Lipinski definition) is 6. The molecule has 0 saturated heterocycles. The smallest absolute Gasteiger partial charge is 0.320 e. The highest BCUT2D eigenvalue weighted by Crippen LogP contribution is 2.09. The van der Waals surface area contributed by atoms with E-state index >= 15 is 0 Å². The molecule has 0 unspecified atom stereocenters. The van der Waals surface area contributed by atoms with Gasteiger partial charge in [-0.1, -0.05) is 42.5 Å². The maximum Gasteiger partial charge on any atom is 0.320 e. The highest BCUT2D eigenvalue weighted by molar-refractivity contribution is 5.74. The van der Waals surface area contributed by atoms with Gasteiger partial charge in [0.05, 0.1) is 6.42 Å². The van der Waals surface area contributed by atoms with E-state index in [1.807, 2.05) is 18.2 Å². The van der Waals surface area contributed by atoms with Gasteiger partial charge in [-0.3, -0.25) is 14.4 Å². The van der Waals surface area contributed by atoms with E-state index < -0.39 is 23.9 Å². The van der Waals surface area contributed by atoms with Gasteiger partial charge in [-0.15, -0.1) is 0 Å². The monoisotopic (exact) mass is 420 g/mol. The Morgan fingerprint density at radius 2 is 1.40 bits per heavy atom. The minimum atomic E-state index is -1.17. The second kappa shape index (κ2) is 15.5. The zero-order valence-corrected chi connectivity index (χ0v) is 16.5. The van der Waals surface area contributed by atoms with Gasteiger partial charge in [-0.05, 0) is 42.6 Å². The summed E-state index contributed by atoms with van der Waals surface area (Å²) in [5, 5.41) is 33.5. The molecule has 0 bridgehead atoms. The number of phenolic OH excluding ortho intramolecular Hbond substituents is 1. The summed E-state index contributed by atoms with van der Waals surface area (Å²) in [6.45, 7) is 0.740. The fourth-order valence-corrected chi connectivity index (χ4v) is 2.00. The molecule has 0 aliphatic rings. The van der Waals surface area contributed by atoms with Crippen LogP contribution in [0.25, 0.3) is 0 Å². The Kier molecular flexibility index (Phi) is 13.7. The van der Waals surface area contributed by atoms with Crippen molar-refractivity contribution in [3.8, 4) is 5.75 Å². The summed E-state index contributed by atoms with van der Waals surface area (Å²) in [7, 11) is 0. The van der Waals surface area contributed by atoms with Crippen LogP contribution in [0, 0.1) is 0 Å². The second-order valence-corrected chi connectivity index (χ2v) is 6.14. The molecule has 9 nitrogen and oxygen atoms in total. The number of hydrogen-bond acceptors (Lipinski definition) is 6. The van der Waals surface area contributed by atoms with Crippen molar-refractivity contribution in [2.75, 3.05) is 6.54 Å². The maximum atomic E-state index is 10.2. The van der Waals surface area contributed by atoms with Crippen LogP contribution in [-0.2, 0) is 27.2 Å². The molecule has 0 amide bonds. The van der Waals surface area contributed by atoms with Crippen molar-refractivity contribution in [2.45, 2.75) is 31.7 Å². The molecule has 2 aromatic rings. The number of rotatable bonds is 8. The molecule has 0 heterocycles. The minimum absolute atomic E-state index is 0.000278. The van der Waals surface area contributed by atoms with Crippen LogP contribution in [0.4, 0.5) is 0 Å². The van der Waals surface area contributed by atoms with Crippen molar-refractivity contribution >= 4 is 17.9 Å². The summed E-state index contributed by atoms with van der Waals surface area (Å²) in [6, 6.07) is 15.3. The molecule has 2 rings (SSSR count). The molecule has 164 valence electrons. The van der Waals surface area contributed by atoms with Crippen LogP contribution in [0.2, 0.25) is 0 Å². The summed E-state index contributed by atoms with van der Waals surface area (Å²) in [5.41, 5.74) is 12.4. The Morgan fingerprint density at radius 3 is 1.83 bits per heavy atom. The Labute approximate surface area is 174 Å². The van der Waals surface area contributed by atoms with Crippen molar-refractivity contribution in [3.63, 3.8) is 0 Å². The quantitative estimate of drug-likeness (QED) is 0.368. The van der Waals surface area contributed by atoms with Gasteiger partial charge in [0.1, 0.15) is 11.8 Å². The summed E-state index contributed by atoms with van der Waals surface area (Å²) in [5.74, 6) is -2.91. The topological polar surface area (TPSA) is 184 Å². The SMILES string of the molecule is NCCc1ccccc1.N[C@H](CCC(=O)O)C(=O)O.O=C(O)Cc1ccc(O)cc1. The summed E-state index contributed by atoms with van der Waals surface area (Å²) in [4.78, 5) is 30.1. The summed E-state index contributed by atoms with van der Waals surface area (Å²) >= 11 is 0. The number of carboxylic acids is 3. The van der Waals surface area contributed by atoms with Crippen LogP contribution in [0.1, 0.15) is 24.0 Å². The summed E-state index contributed by atoms with van der Waals surface area (Å²) in [6.07, 6.45) is 0.763. The van der Waals surface area contributed by atoms with Gasteiger partial charge in [0.2, 0.25) is 0 Å². The number of aromatic hydroxyl groups is 1. The Bertz CT molecular complexity index is 765. The van der Waals surface area contributed by atoms with Crippen molar-refractivity contribution < 1.29 is 34.8 Å². The number of phenols is 1. The van der Waals surface area contributed by atoms with E-state index in [0.717, 1.165) is 13.0 Å². The van der Waals surface area contributed by atoms with Gasteiger partial charge in [0.15, 0.2) is 0 Å². The molecular formula is C21H28N2O7. The van der Waals surface area contributed by atoms with Crippen LogP contribution in [0.3, 0.4) is 0 Å².